The Hall–Kier alpha value is -0.0800. The van der Waals surface area contributed by atoms with Crippen LogP contribution in [0.25, 0.3) is 0 Å². The number of hydrogen-bond donors (Lipinski definition) is 2. The van der Waals surface area contributed by atoms with E-state index in [1.54, 1.807) is 0 Å². The van der Waals surface area contributed by atoms with Crippen LogP contribution in [0.5, 0.6) is 0 Å². The van der Waals surface area contributed by atoms with Crippen molar-refractivity contribution in [2.75, 3.05) is 19.7 Å². The SMILES string of the molecule is CC(C)(CO)CNCCCC1CC1. The fourth-order valence-corrected chi connectivity index (χ4v) is 1.40. The largest absolute Gasteiger partial charge is 0.396 e. The minimum absolute atomic E-state index is 0.0413. The molecule has 13 heavy (non-hydrogen) atoms. The van der Waals surface area contributed by atoms with Crippen molar-refractivity contribution < 1.29 is 5.11 Å². The lowest BCUT2D eigenvalue weighted by Gasteiger charge is -2.21. The van der Waals surface area contributed by atoms with Crippen molar-refractivity contribution >= 4 is 0 Å². The molecule has 0 aliphatic heterocycles. The predicted octanol–water partition coefficient (Wildman–Crippen LogP) is 1.78. The number of aliphatic hydroxyl groups is 1. The standard InChI is InChI=1S/C11H23NO/c1-11(2,9-13)8-12-7-3-4-10-5-6-10/h10,12-13H,3-9H2,1-2H3. The van der Waals surface area contributed by atoms with Gasteiger partial charge in [-0.3, -0.25) is 0 Å². The maximum atomic E-state index is 9.01. The summed E-state index contributed by atoms with van der Waals surface area (Å²) in [6.07, 6.45) is 5.61. The highest BCUT2D eigenvalue weighted by atomic mass is 16.3. The number of rotatable bonds is 7. The molecule has 1 aliphatic carbocycles. The van der Waals surface area contributed by atoms with Crippen LogP contribution < -0.4 is 5.32 Å². The Labute approximate surface area is 81.7 Å². The molecule has 0 atom stereocenters. The molecule has 2 heteroatoms. The maximum Gasteiger partial charge on any atom is 0.0494 e. The van der Waals surface area contributed by atoms with Crippen molar-refractivity contribution in [1.82, 2.24) is 5.32 Å². The van der Waals surface area contributed by atoms with Crippen LogP contribution >= 0.6 is 0 Å². The molecule has 1 aliphatic rings. The van der Waals surface area contributed by atoms with Crippen LogP contribution in [0.1, 0.15) is 39.5 Å². The summed E-state index contributed by atoms with van der Waals surface area (Å²) in [6.45, 7) is 6.47. The summed E-state index contributed by atoms with van der Waals surface area (Å²) >= 11 is 0. The molecular formula is C11H23NO. The molecule has 2 N–H and O–H groups in total. The molecule has 2 nitrogen and oxygen atoms in total. The van der Waals surface area contributed by atoms with E-state index in [4.69, 9.17) is 5.11 Å². The van der Waals surface area contributed by atoms with Crippen molar-refractivity contribution in [1.29, 1.82) is 0 Å². The first-order chi connectivity index (χ1) is 6.14. The second-order valence-corrected chi connectivity index (χ2v) is 5.08. The molecule has 78 valence electrons. The smallest absolute Gasteiger partial charge is 0.0494 e. The Kier molecular flexibility index (Phi) is 4.20. The average molecular weight is 185 g/mol. The van der Waals surface area contributed by atoms with Gasteiger partial charge in [0.1, 0.15) is 0 Å². The maximum absolute atomic E-state index is 9.01. The normalized spacial score (nSPS) is 17.8. The molecule has 1 rings (SSSR count). The third-order valence-electron chi connectivity index (χ3n) is 2.69. The molecule has 0 bridgehead atoms. The van der Waals surface area contributed by atoms with Gasteiger partial charge in [-0.05, 0) is 25.3 Å². The summed E-state index contributed by atoms with van der Waals surface area (Å²) in [5.74, 6) is 1.05. The summed E-state index contributed by atoms with van der Waals surface area (Å²) in [6, 6.07) is 0. The van der Waals surface area contributed by atoms with Gasteiger partial charge in [-0.25, -0.2) is 0 Å². The van der Waals surface area contributed by atoms with Gasteiger partial charge in [0.15, 0.2) is 0 Å². The quantitative estimate of drug-likeness (QED) is 0.593. The van der Waals surface area contributed by atoms with E-state index in [1.807, 2.05) is 0 Å². The molecule has 0 saturated heterocycles. The molecule has 0 unspecified atom stereocenters. The Morgan fingerprint density at radius 2 is 2.08 bits per heavy atom. The molecule has 1 fully saturated rings. The molecule has 0 radical (unpaired) electrons. The average Bonchev–Trinajstić information content (AvgIpc) is 2.87. The molecule has 0 aromatic heterocycles. The highest BCUT2D eigenvalue weighted by Gasteiger charge is 2.20. The third kappa shape index (κ3) is 5.27. The molecular weight excluding hydrogens is 162 g/mol. The van der Waals surface area contributed by atoms with Gasteiger partial charge in [-0.1, -0.05) is 26.7 Å². The first kappa shape index (κ1) is 11.0. The van der Waals surface area contributed by atoms with Crippen LogP contribution in [0.4, 0.5) is 0 Å². The van der Waals surface area contributed by atoms with Gasteiger partial charge in [0.05, 0.1) is 0 Å². The van der Waals surface area contributed by atoms with E-state index >= 15 is 0 Å². The Bertz CT molecular complexity index is 141. The summed E-state index contributed by atoms with van der Waals surface area (Å²) in [7, 11) is 0. The van der Waals surface area contributed by atoms with Gasteiger partial charge in [-0.2, -0.15) is 0 Å². The summed E-state index contributed by atoms with van der Waals surface area (Å²) in [4.78, 5) is 0. The van der Waals surface area contributed by atoms with Gasteiger partial charge >= 0.3 is 0 Å². The zero-order chi connectivity index (χ0) is 9.73. The van der Waals surface area contributed by atoms with Crippen molar-refractivity contribution in [3.8, 4) is 0 Å². The summed E-state index contributed by atoms with van der Waals surface area (Å²) in [5, 5.41) is 12.4. The minimum atomic E-state index is 0.0413. The van der Waals surface area contributed by atoms with E-state index in [-0.39, 0.29) is 12.0 Å². The van der Waals surface area contributed by atoms with Gasteiger partial charge < -0.3 is 10.4 Å². The van der Waals surface area contributed by atoms with Gasteiger partial charge in [-0.15, -0.1) is 0 Å². The molecule has 0 aromatic rings. The van der Waals surface area contributed by atoms with Gasteiger partial charge in [0, 0.05) is 18.6 Å². The summed E-state index contributed by atoms with van der Waals surface area (Å²) in [5.41, 5.74) is 0.0413. The number of hydrogen-bond acceptors (Lipinski definition) is 2. The van der Waals surface area contributed by atoms with Crippen molar-refractivity contribution in [2.24, 2.45) is 11.3 Å². The lowest BCUT2D eigenvalue weighted by atomic mass is 9.95. The third-order valence-corrected chi connectivity index (χ3v) is 2.69. The number of aliphatic hydroxyl groups excluding tert-OH is 1. The van der Waals surface area contributed by atoms with Crippen LogP contribution in [-0.4, -0.2) is 24.8 Å². The van der Waals surface area contributed by atoms with E-state index in [9.17, 15) is 0 Å². The zero-order valence-electron chi connectivity index (χ0n) is 8.97. The van der Waals surface area contributed by atoms with Crippen molar-refractivity contribution in [3.63, 3.8) is 0 Å². The first-order valence-corrected chi connectivity index (χ1v) is 5.46. The van der Waals surface area contributed by atoms with Crippen LogP contribution in [0, 0.1) is 11.3 Å². The van der Waals surface area contributed by atoms with Crippen LogP contribution in [0.15, 0.2) is 0 Å². The fourth-order valence-electron chi connectivity index (χ4n) is 1.40. The molecule has 0 amide bonds. The van der Waals surface area contributed by atoms with Crippen LogP contribution in [0.2, 0.25) is 0 Å². The van der Waals surface area contributed by atoms with E-state index in [0.29, 0.717) is 0 Å². The molecule has 1 saturated carbocycles. The lowest BCUT2D eigenvalue weighted by molar-refractivity contribution is 0.157. The second kappa shape index (κ2) is 4.97. The topological polar surface area (TPSA) is 32.3 Å². The first-order valence-electron chi connectivity index (χ1n) is 5.46. The number of nitrogens with one attached hydrogen (secondary N) is 1. The molecule has 0 spiro atoms. The Morgan fingerprint density at radius 3 is 2.62 bits per heavy atom. The monoisotopic (exact) mass is 185 g/mol. The second-order valence-electron chi connectivity index (χ2n) is 5.08. The van der Waals surface area contributed by atoms with Crippen molar-refractivity contribution in [2.45, 2.75) is 39.5 Å². The van der Waals surface area contributed by atoms with E-state index in [2.05, 4.69) is 19.2 Å². The molecule has 0 aromatic carbocycles. The van der Waals surface area contributed by atoms with E-state index < -0.39 is 0 Å². The molecule has 0 heterocycles. The van der Waals surface area contributed by atoms with E-state index in [0.717, 1.165) is 19.0 Å². The minimum Gasteiger partial charge on any atom is -0.396 e. The Balaban J connectivity index is 1.87. The fraction of sp³-hybridized carbons (Fsp3) is 1.00. The zero-order valence-corrected chi connectivity index (χ0v) is 8.97. The lowest BCUT2D eigenvalue weighted by Crippen LogP contribution is -2.32. The van der Waals surface area contributed by atoms with Crippen LogP contribution in [-0.2, 0) is 0 Å². The van der Waals surface area contributed by atoms with Crippen molar-refractivity contribution in [3.05, 3.63) is 0 Å². The van der Waals surface area contributed by atoms with Gasteiger partial charge in [0.2, 0.25) is 0 Å². The Morgan fingerprint density at radius 1 is 1.38 bits per heavy atom. The van der Waals surface area contributed by atoms with Crippen LogP contribution in [0.3, 0.4) is 0 Å². The highest BCUT2D eigenvalue weighted by molar-refractivity contribution is 4.74. The van der Waals surface area contributed by atoms with E-state index in [1.165, 1.54) is 25.7 Å². The van der Waals surface area contributed by atoms with Gasteiger partial charge in [0.25, 0.3) is 0 Å². The predicted molar refractivity (Wildman–Crippen MR) is 55.7 cm³/mol. The summed E-state index contributed by atoms with van der Waals surface area (Å²) < 4.78 is 0. The highest BCUT2D eigenvalue weighted by Crippen LogP contribution is 2.33.